The quantitative estimate of drug-likeness (QED) is 0.627. The molecule has 0 bridgehead atoms. The van der Waals surface area contributed by atoms with Crippen LogP contribution in [0.1, 0.15) is 19.4 Å². The van der Waals surface area contributed by atoms with Crippen molar-refractivity contribution in [3.05, 3.63) is 38.9 Å². The molecule has 0 spiro atoms. The van der Waals surface area contributed by atoms with Crippen LogP contribution in [0.4, 0.5) is 5.69 Å². The second-order valence-electron chi connectivity index (χ2n) is 4.39. The SMILES string of the molecule is CC(C)(CO)NCc1c(Cl)cccc1[N+](=O)[O-]. The highest BCUT2D eigenvalue weighted by Gasteiger charge is 2.20. The Bertz CT molecular complexity index is 421. The number of nitrogens with one attached hydrogen (secondary N) is 1. The van der Waals surface area contributed by atoms with E-state index in [4.69, 9.17) is 16.7 Å². The summed E-state index contributed by atoms with van der Waals surface area (Å²) in [6.07, 6.45) is 0. The van der Waals surface area contributed by atoms with E-state index in [0.29, 0.717) is 10.6 Å². The summed E-state index contributed by atoms with van der Waals surface area (Å²) in [5.74, 6) is 0. The molecule has 0 aliphatic rings. The molecular weight excluding hydrogens is 244 g/mol. The maximum Gasteiger partial charge on any atom is 0.275 e. The highest BCUT2D eigenvalue weighted by Crippen LogP contribution is 2.26. The normalized spacial score (nSPS) is 11.5. The van der Waals surface area contributed by atoms with Gasteiger partial charge in [-0.25, -0.2) is 0 Å². The number of benzene rings is 1. The fourth-order valence-corrected chi connectivity index (χ4v) is 1.51. The van der Waals surface area contributed by atoms with Crippen LogP contribution in [0.25, 0.3) is 0 Å². The summed E-state index contributed by atoms with van der Waals surface area (Å²) in [6.45, 7) is 3.78. The molecule has 0 aliphatic heterocycles. The van der Waals surface area contributed by atoms with E-state index in [1.54, 1.807) is 26.0 Å². The molecule has 94 valence electrons. The monoisotopic (exact) mass is 258 g/mol. The van der Waals surface area contributed by atoms with Gasteiger partial charge in [-0.3, -0.25) is 10.1 Å². The van der Waals surface area contributed by atoms with Gasteiger partial charge in [0, 0.05) is 18.2 Å². The third kappa shape index (κ3) is 3.66. The van der Waals surface area contributed by atoms with Gasteiger partial charge in [0.1, 0.15) is 0 Å². The van der Waals surface area contributed by atoms with E-state index in [1.807, 2.05) is 0 Å². The third-order valence-corrected chi connectivity index (χ3v) is 2.78. The zero-order chi connectivity index (χ0) is 13.1. The molecule has 0 radical (unpaired) electrons. The molecule has 0 aromatic heterocycles. The van der Waals surface area contributed by atoms with Crippen molar-refractivity contribution in [2.75, 3.05) is 6.61 Å². The fraction of sp³-hybridized carbons (Fsp3) is 0.455. The molecule has 1 aromatic carbocycles. The number of nitro groups is 1. The molecule has 1 rings (SSSR count). The Morgan fingerprint density at radius 1 is 1.53 bits per heavy atom. The minimum Gasteiger partial charge on any atom is -0.394 e. The summed E-state index contributed by atoms with van der Waals surface area (Å²) in [5, 5.41) is 23.3. The van der Waals surface area contributed by atoms with E-state index in [-0.39, 0.29) is 18.8 Å². The Balaban J connectivity index is 2.94. The Kier molecular flexibility index (Phi) is 4.45. The average molecular weight is 259 g/mol. The first-order chi connectivity index (χ1) is 7.87. The predicted octanol–water partition coefficient (Wildman–Crippen LogP) is 2.11. The van der Waals surface area contributed by atoms with Crippen LogP contribution in [0.2, 0.25) is 5.02 Å². The van der Waals surface area contributed by atoms with Gasteiger partial charge in [-0.2, -0.15) is 0 Å². The number of aliphatic hydroxyl groups is 1. The lowest BCUT2D eigenvalue weighted by molar-refractivity contribution is -0.385. The van der Waals surface area contributed by atoms with Crippen molar-refractivity contribution in [1.82, 2.24) is 5.32 Å². The number of hydrogen-bond donors (Lipinski definition) is 2. The van der Waals surface area contributed by atoms with Crippen LogP contribution in [0, 0.1) is 10.1 Å². The molecule has 0 amide bonds. The van der Waals surface area contributed by atoms with Gasteiger partial charge in [0.05, 0.1) is 22.1 Å². The summed E-state index contributed by atoms with van der Waals surface area (Å²) in [6, 6.07) is 4.56. The predicted molar refractivity (Wildman–Crippen MR) is 66.1 cm³/mol. The van der Waals surface area contributed by atoms with Crippen LogP contribution in [0.3, 0.4) is 0 Å². The number of nitro benzene ring substituents is 1. The van der Waals surface area contributed by atoms with Crippen LogP contribution in [-0.4, -0.2) is 22.2 Å². The average Bonchev–Trinajstić information content (AvgIpc) is 2.27. The second kappa shape index (κ2) is 5.44. The molecule has 0 saturated carbocycles. The molecule has 6 heteroatoms. The van der Waals surface area contributed by atoms with E-state index in [0.717, 1.165) is 0 Å². The van der Waals surface area contributed by atoms with Gasteiger partial charge in [-0.1, -0.05) is 17.7 Å². The van der Waals surface area contributed by atoms with Crippen LogP contribution < -0.4 is 5.32 Å². The van der Waals surface area contributed by atoms with Crippen molar-refractivity contribution in [3.8, 4) is 0 Å². The summed E-state index contributed by atoms with van der Waals surface area (Å²) < 4.78 is 0. The summed E-state index contributed by atoms with van der Waals surface area (Å²) in [7, 11) is 0. The van der Waals surface area contributed by atoms with E-state index >= 15 is 0 Å². The highest BCUT2D eigenvalue weighted by atomic mass is 35.5. The minimum atomic E-state index is -0.507. The van der Waals surface area contributed by atoms with Crippen molar-refractivity contribution in [2.24, 2.45) is 0 Å². The van der Waals surface area contributed by atoms with Crippen LogP contribution in [0.5, 0.6) is 0 Å². The Labute approximate surface area is 105 Å². The number of aliphatic hydroxyl groups excluding tert-OH is 1. The van der Waals surface area contributed by atoms with Crippen LogP contribution in [-0.2, 0) is 6.54 Å². The number of halogens is 1. The molecule has 0 fully saturated rings. The van der Waals surface area contributed by atoms with E-state index in [2.05, 4.69) is 5.32 Å². The molecule has 0 atom stereocenters. The largest absolute Gasteiger partial charge is 0.394 e. The van der Waals surface area contributed by atoms with Crippen molar-refractivity contribution >= 4 is 17.3 Å². The zero-order valence-electron chi connectivity index (χ0n) is 9.74. The number of rotatable bonds is 5. The van der Waals surface area contributed by atoms with Gasteiger partial charge in [0.25, 0.3) is 5.69 Å². The van der Waals surface area contributed by atoms with Gasteiger partial charge >= 0.3 is 0 Å². The maximum absolute atomic E-state index is 10.8. The Hall–Kier alpha value is -1.17. The van der Waals surface area contributed by atoms with Crippen molar-refractivity contribution in [1.29, 1.82) is 0 Å². The van der Waals surface area contributed by atoms with Crippen molar-refractivity contribution < 1.29 is 10.0 Å². The lowest BCUT2D eigenvalue weighted by Gasteiger charge is -2.23. The fourth-order valence-electron chi connectivity index (χ4n) is 1.28. The van der Waals surface area contributed by atoms with Crippen LogP contribution in [0.15, 0.2) is 18.2 Å². The zero-order valence-corrected chi connectivity index (χ0v) is 10.5. The van der Waals surface area contributed by atoms with Crippen molar-refractivity contribution in [3.63, 3.8) is 0 Å². The summed E-state index contributed by atoms with van der Waals surface area (Å²) in [5.41, 5.74) is -0.0908. The topological polar surface area (TPSA) is 75.4 Å². The van der Waals surface area contributed by atoms with Gasteiger partial charge in [0.2, 0.25) is 0 Å². The molecule has 1 aromatic rings. The van der Waals surface area contributed by atoms with E-state index in [1.165, 1.54) is 6.07 Å². The second-order valence-corrected chi connectivity index (χ2v) is 4.80. The molecular formula is C11H15ClN2O3. The summed E-state index contributed by atoms with van der Waals surface area (Å²) in [4.78, 5) is 10.4. The maximum atomic E-state index is 10.8. The molecule has 0 saturated heterocycles. The van der Waals surface area contributed by atoms with E-state index < -0.39 is 10.5 Å². The molecule has 0 heterocycles. The van der Waals surface area contributed by atoms with Crippen molar-refractivity contribution in [2.45, 2.75) is 25.9 Å². The lowest BCUT2D eigenvalue weighted by Crippen LogP contribution is -2.42. The first kappa shape index (κ1) is 13.9. The highest BCUT2D eigenvalue weighted by molar-refractivity contribution is 6.31. The van der Waals surface area contributed by atoms with Crippen LogP contribution >= 0.6 is 11.6 Å². The van der Waals surface area contributed by atoms with E-state index in [9.17, 15) is 10.1 Å². The van der Waals surface area contributed by atoms with Gasteiger partial charge in [0.15, 0.2) is 0 Å². The Morgan fingerprint density at radius 2 is 2.18 bits per heavy atom. The first-order valence-corrected chi connectivity index (χ1v) is 5.53. The molecule has 5 nitrogen and oxygen atoms in total. The van der Waals surface area contributed by atoms with Gasteiger partial charge in [-0.15, -0.1) is 0 Å². The van der Waals surface area contributed by atoms with Gasteiger partial charge < -0.3 is 10.4 Å². The smallest absolute Gasteiger partial charge is 0.275 e. The first-order valence-electron chi connectivity index (χ1n) is 5.15. The number of nitrogens with zero attached hydrogens (tertiary/aromatic N) is 1. The molecule has 0 unspecified atom stereocenters. The standard InChI is InChI=1S/C11H15ClN2O3/c1-11(2,7-15)13-6-8-9(12)4-3-5-10(8)14(16)17/h3-5,13,15H,6-7H2,1-2H3. The van der Waals surface area contributed by atoms with Gasteiger partial charge in [-0.05, 0) is 19.9 Å². The Morgan fingerprint density at radius 3 is 2.71 bits per heavy atom. The molecule has 0 aliphatic carbocycles. The summed E-state index contributed by atoms with van der Waals surface area (Å²) >= 11 is 5.94. The molecule has 2 N–H and O–H groups in total. The lowest BCUT2D eigenvalue weighted by atomic mass is 10.1. The third-order valence-electron chi connectivity index (χ3n) is 2.43. The minimum absolute atomic E-state index is 0.0151. The molecule has 17 heavy (non-hydrogen) atoms. The number of hydrogen-bond acceptors (Lipinski definition) is 4.